The second-order valence-electron chi connectivity index (χ2n) is 6.15. The number of carbonyl (C=O) groups excluding carboxylic acids is 1. The lowest BCUT2D eigenvalue weighted by Gasteiger charge is -2.28. The van der Waals surface area contributed by atoms with Crippen molar-refractivity contribution < 1.29 is 4.79 Å². The Bertz CT molecular complexity index is 832. The molecule has 1 atom stereocenters. The Balaban J connectivity index is 1.69. The van der Waals surface area contributed by atoms with Gasteiger partial charge >= 0.3 is 6.03 Å². The normalized spacial score (nSPS) is 11.8. The molecule has 3 rings (SSSR count). The Morgan fingerprint density at radius 2 is 2.00 bits per heavy atom. The van der Waals surface area contributed by atoms with Crippen molar-refractivity contribution in [1.82, 2.24) is 19.7 Å². The fraction of sp³-hybridized carbons (Fsp3) is 0.250. The van der Waals surface area contributed by atoms with Gasteiger partial charge in [0.15, 0.2) is 0 Å². The summed E-state index contributed by atoms with van der Waals surface area (Å²) in [6, 6.07) is 13.5. The summed E-state index contributed by atoms with van der Waals surface area (Å²) in [7, 11) is 1.82. The first-order valence-corrected chi connectivity index (χ1v) is 8.67. The molecule has 1 N–H and O–H groups in total. The van der Waals surface area contributed by atoms with E-state index in [4.69, 9.17) is 0 Å². The molecule has 26 heavy (non-hydrogen) atoms. The number of nitrogens with zero attached hydrogens (tertiary/aromatic N) is 4. The fourth-order valence-corrected chi connectivity index (χ4v) is 3.00. The average Bonchev–Trinajstić information content (AvgIpc) is 3.16. The van der Waals surface area contributed by atoms with Crippen LogP contribution in [0.5, 0.6) is 0 Å². The molecule has 0 bridgehead atoms. The molecular formula is C20H23N5O. The second kappa shape index (κ2) is 8.29. The standard InChI is InChI=1S/C20H23N5O/c1-3-19(17-8-11-21-12-9-17)24(2)20(26)23-18-7-4-6-16(14-18)15-25-13-5-10-22-25/h4-14,19H,3,15H2,1-2H3,(H,23,26). The zero-order valence-corrected chi connectivity index (χ0v) is 15.0. The summed E-state index contributed by atoms with van der Waals surface area (Å²) in [5, 5.41) is 7.20. The van der Waals surface area contributed by atoms with Crippen LogP contribution in [0.25, 0.3) is 0 Å². The highest BCUT2D eigenvalue weighted by Gasteiger charge is 2.20. The molecule has 0 saturated heterocycles. The van der Waals surface area contributed by atoms with Crippen LogP contribution in [0, 0.1) is 0 Å². The second-order valence-corrected chi connectivity index (χ2v) is 6.15. The molecule has 2 heterocycles. The molecule has 0 radical (unpaired) electrons. The van der Waals surface area contributed by atoms with Crippen LogP contribution in [0.1, 0.15) is 30.5 Å². The molecule has 2 aromatic heterocycles. The fourth-order valence-electron chi connectivity index (χ4n) is 3.00. The summed E-state index contributed by atoms with van der Waals surface area (Å²) in [4.78, 5) is 18.5. The summed E-state index contributed by atoms with van der Waals surface area (Å²) >= 11 is 0. The molecule has 0 saturated carbocycles. The Labute approximate surface area is 153 Å². The van der Waals surface area contributed by atoms with E-state index < -0.39 is 0 Å². The molecule has 6 heteroatoms. The van der Waals surface area contributed by atoms with Gasteiger partial charge in [0.05, 0.1) is 12.6 Å². The number of hydrogen-bond acceptors (Lipinski definition) is 3. The predicted molar refractivity (Wildman–Crippen MR) is 102 cm³/mol. The van der Waals surface area contributed by atoms with Crippen LogP contribution >= 0.6 is 0 Å². The van der Waals surface area contributed by atoms with Gasteiger partial charge in [-0.1, -0.05) is 19.1 Å². The highest BCUT2D eigenvalue weighted by Crippen LogP contribution is 2.23. The lowest BCUT2D eigenvalue weighted by atomic mass is 10.1. The number of amides is 2. The average molecular weight is 349 g/mol. The monoisotopic (exact) mass is 349 g/mol. The third-order valence-corrected chi connectivity index (χ3v) is 4.35. The summed E-state index contributed by atoms with van der Waals surface area (Å²) in [6.07, 6.45) is 8.00. The minimum Gasteiger partial charge on any atom is -0.321 e. The summed E-state index contributed by atoms with van der Waals surface area (Å²) in [5.41, 5.74) is 2.93. The number of anilines is 1. The molecule has 1 unspecified atom stereocenters. The van der Waals surface area contributed by atoms with Gasteiger partial charge in [0.25, 0.3) is 0 Å². The van der Waals surface area contributed by atoms with Gasteiger partial charge in [0.1, 0.15) is 0 Å². The van der Waals surface area contributed by atoms with Gasteiger partial charge in [0.2, 0.25) is 0 Å². The molecule has 134 valence electrons. The highest BCUT2D eigenvalue weighted by molar-refractivity contribution is 5.89. The molecular weight excluding hydrogens is 326 g/mol. The van der Waals surface area contributed by atoms with Crippen molar-refractivity contribution in [2.75, 3.05) is 12.4 Å². The third kappa shape index (κ3) is 4.27. The van der Waals surface area contributed by atoms with E-state index in [0.29, 0.717) is 6.54 Å². The molecule has 2 amide bonds. The van der Waals surface area contributed by atoms with Crippen LogP contribution in [0.4, 0.5) is 10.5 Å². The molecule has 3 aromatic rings. The van der Waals surface area contributed by atoms with Crippen molar-refractivity contribution in [3.05, 3.63) is 78.4 Å². The Hall–Kier alpha value is -3.15. The van der Waals surface area contributed by atoms with Crippen molar-refractivity contribution in [1.29, 1.82) is 0 Å². The number of rotatable bonds is 6. The van der Waals surface area contributed by atoms with Crippen molar-refractivity contribution >= 4 is 11.7 Å². The quantitative estimate of drug-likeness (QED) is 0.733. The molecule has 0 spiro atoms. The van der Waals surface area contributed by atoms with Crippen LogP contribution in [-0.4, -0.2) is 32.7 Å². The zero-order chi connectivity index (χ0) is 18.4. The highest BCUT2D eigenvalue weighted by atomic mass is 16.2. The van der Waals surface area contributed by atoms with E-state index in [1.807, 2.05) is 60.4 Å². The molecule has 0 aliphatic heterocycles. The number of carbonyl (C=O) groups is 1. The number of urea groups is 1. The van der Waals surface area contributed by atoms with Crippen molar-refractivity contribution in [3.8, 4) is 0 Å². The van der Waals surface area contributed by atoms with E-state index in [1.54, 1.807) is 23.5 Å². The van der Waals surface area contributed by atoms with Gasteiger partial charge in [-0.25, -0.2) is 4.79 Å². The smallest absolute Gasteiger partial charge is 0.321 e. The largest absolute Gasteiger partial charge is 0.322 e. The van der Waals surface area contributed by atoms with Crippen LogP contribution in [0.3, 0.4) is 0 Å². The van der Waals surface area contributed by atoms with E-state index in [1.165, 1.54) is 0 Å². The molecule has 0 aliphatic carbocycles. The third-order valence-electron chi connectivity index (χ3n) is 4.35. The molecule has 1 aromatic carbocycles. The van der Waals surface area contributed by atoms with Crippen LogP contribution in [0.2, 0.25) is 0 Å². The summed E-state index contributed by atoms with van der Waals surface area (Å²) in [5.74, 6) is 0. The minimum absolute atomic E-state index is 0.00487. The number of pyridine rings is 1. The molecule has 0 fully saturated rings. The van der Waals surface area contributed by atoms with Gasteiger partial charge in [-0.2, -0.15) is 5.10 Å². The van der Waals surface area contributed by atoms with E-state index in [2.05, 4.69) is 22.3 Å². The maximum absolute atomic E-state index is 12.7. The first-order chi connectivity index (χ1) is 12.7. The maximum atomic E-state index is 12.7. The van der Waals surface area contributed by atoms with Gasteiger partial charge in [-0.15, -0.1) is 0 Å². The van der Waals surface area contributed by atoms with E-state index in [-0.39, 0.29) is 12.1 Å². The van der Waals surface area contributed by atoms with Gasteiger partial charge in [0, 0.05) is 37.5 Å². The van der Waals surface area contributed by atoms with E-state index in [0.717, 1.165) is 23.2 Å². The van der Waals surface area contributed by atoms with E-state index >= 15 is 0 Å². The number of nitrogens with one attached hydrogen (secondary N) is 1. The van der Waals surface area contributed by atoms with Crippen molar-refractivity contribution in [3.63, 3.8) is 0 Å². The lowest BCUT2D eigenvalue weighted by Crippen LogP contribution is -2.34. The van der Waals surface area contributed by atoms with E-state index in [9.17, 15) is 4.79 Å². The number of aromatic nitrogens is 3. The predicted octanol–water partition coefficient (Wildman–Crippen LogP) is 3.94. The van der Waals surface area contributed by atoms with Gasteiger partial charge in [-0.05, 0) is 47.9 Å². The van der Waals surface area contributed by atoms with Gasteiger partial charge < -0.3 is 10.2 Å². The topological polar surface area (TPSA) is 63.1 Å². The zero-order valence-electron chi connectivity index (χ0n) is 15.0. The SMILES string of the molecule is CCC(c1ccncc1)N(C)C(=O)Nc1cccc(Cn2cccn2)c1. The molecule has 6 nitrogen and oxygen atoms in total. The van der Waals surface area contributed by atoms with Crippen LogP contribution in [0.15, 0.2) is 67.3 Å². The van der Waals surface area contributed by atoms with Gasteiger partial charge in [-0.3, -0.25) is 9.67 Å². The van der Waals surface area contributed by atoms with Crippen LogP contribution in [-0.2, 0) is 6.54 Å². The number of benzene rings is 1. The maximum Gasteiger partial charge on any atom is 0.322 e. The first-order valence-electron chi connectivity index (χ1n) is 8.67. The molecule has 0 aliphatic rings. The van der Waals surface area contributed by atoms with Crippen molar-refractivity contribution in [2.24, 2.45) is 0 Å². The Morgan fingerprint density at radius 1 is 1.19 bits per heavy atom. The summed E-state index contributed by atoms with van der Waals surface area (Å²) < 4.78 is 1.85. The Kier molecular flexibility index (Phi) is 5.63. The first kappa shape index (κ1) is 17.7. The van der Waals surface area contributed by atoms with Crippen LogP contribution < -0.4 is 5.32 Å². The minimum atomic E-state index is -0.134. The lowest BCUT2D eigenvalue weighted by molar-refractivity contribution is 0.202. The Morgan fingerprint density at radius 3 is 2.69 bits per heavy atom. The number of hydrogen-bond donors (Lipinski definition) is 1. The van der Waals surface area contributed by atoms with Crippen molar-refractivity contribution in [2.45, 2.75) is 25.9 Å². The summed E-state index contributed by atoms with van der Waals surface area (Å²) in [6.45, 7) is 2.74.